The molecule has 4 nitrogen and oxygen atoms in total. The Kier molecular flexibility index (Phi) is 4.69. The molecule has 2 amide bonds. The van der Waals surface area contributed by atoms with Crippen LogP contribution in [-0.2, 0) is 6.54 Å². The second-order valence-electron chi connectivity index (χ2n) is 6.02. The number of rotatable bonds is 3. The summed E-state index contributed by atoms with van der Waals surface area (Å²) in [4.78, 5) is 14.4. The summed E-state index contributed by atoms with van der Waals surface area (Å²) in [5.41, 5.74) is 2.72. The van der Waals surface area contributed by atoms with Crippen LogP contribution in [-0.4, -0.2) is 18.7 Å². The zero-order chi connectivity index (χ0) is 17.1. The summed E-state index contributed by atoms with van der Waals surface area (Å²) in [7, 11) is 0. The lowest BCUT2D eigenvalue weighted by Crippen LogP contribution is -2.47. The molecule has 5 heteroatoms. The van der Waals surface area contributed by atoms with Crippen LogP contribution < -0.4 is 15.0 Å². The molecule has 0 aromatic heterocycles. The highest BCUT2D eigenvalue weighted by molar-refractivity contribution is 5.94. The third-order valence-corrected chi connectivity index (χ3v) is 4.14. The molecule has 126 valence electrons. The zero-order valence-corrected chi connectivity index (χ0v) is 13.9. The number of hydrogen-bond acceptors (Lipinski definition) is 2. The highest BCUT2D eigenvalue weighted by atomic mass is 19.1. The van der Waals surface area contributed by atoms with Gasteiger partial charge in [-0.2, -0.15) is 0 Å². The number of nitrogens with zero attached hydrogens (tertiary/aromatic N) is 1. The van der Waals surface area contributed by atoms with Crippen molar-refractivity contribution in [3.63, 3.8) is 0 Å². The van der Waals surface area contributed by atoms with Crippen molar-refractivity contribution in [2.24, 2.45) is 0 Å². The minimum absolute atomic E-state index is 0.0169. The van der Waals surface area contributed by atoms with E-state index in [4.69, 9.17) is 4.74 Å². The third kappa shape index (κ3) is 3.50. The van der Waals surface area contributed by atoms with Crippen molar-refractivity contribution < 1.29 is 13.9 Å². The molecule has 0 spiro atoms. The van der Waals surface area contributed by atoms with Crippen LogP contribution in [0.25, 0.3) is 0 Å². The fourth-order valence-electron chi connectivity index (χ4n) is 2.74. The zero-order valence-electron chi connectivity index (χ0n) is 13.9. The molecule has 1 N–H and O–H groups in total. The van der Waals surface area contributed by atoms with Crippen LogP contribution in [0.3, 0.4) is 0 Å². The molecule has 1 aliphatic rings. The van der Waals surface area contributed by atoms with Crippen molar-refractivity contribution >= 4 is 11.7 Å². The molecule has 0 saturated carbocycles. The maximum Gasteiger partial charge on any atom is 0.322 e. The van der Waals surface area contributed by atoms with E-state index in [0.717, 1.165) is 29.0 Å². The lowest BCUT2D eigenvalue weighted by atomic mass is 10.1. The molecule has 0 saturated heterocycles. The molecule has 1 atom stereocenters. The van der Waals surface area contributed by atoms with Gasteiger partial charge in [0.2, 0.25) is 0 Å². The van der Waals surface area contributed by atoms with Crippen LogP contribution in [0.1, 0.15) is 24.5 Å². The van der Waals surface area contributed by atoms with Gasteiger partial charge in [0, 0.05) is 6.54 Å². The van der Waals surface area contributed by atoms with E-state index < -0.39 is 0 Å². The molecule has 2 aromatic rings. The molecule has 0 unspecified atom stereocenters. The number of nitrogens with one attached hydrogen (secondary N) is 1. The second-order valence-corrected chi connectivity index (χ2v) is 6.02. The number of ether oxygens (including phenoxy) is 1. The number of halogens is 1. The minimum Gasteiger partial charge on any atom is -0.486 e. The Morgan fingerprint density at radius 2 is 2.04 bits per heavy atom. The molecule has 0 fully saturated rings. The average molecular weight is 328 g/mol. The van der Waals surface area contributed by atoms with Crippen LogP contribution in [0.2, 0.25) is 0 Å². The first-order chi connectivity index (χ1) is 11.6. The normalized spacial score (nSPS) is 16.3. The highest BCUT2D eigenvalue weighted by Crippen LogP contribution is 2.34. The molecule has 0 aliphatic carbocycles. The van der Waals surface area contributed by atoms with Crippen molar-refractivity contribution in [2.75, 3.05) is 11.4 Å². The van der Waals surface area contributed by atoms with Crippen molar-refractivity contribution in [2.45, 2.75) is 32.9 Å². The van der Waals surface area contributed by atoms with Gasteiger partial charge in [-0.05, 0) is 48.7 Å². The molecular weight excluding hydrogens is 307 g/mol. The Morgan fingerprint density at radius 1 is 1.29 bits per heavy atom. The van der Waals surface area contributed by atoms with Gasteiger partial charge < -0.3 is 10.1 Å². The molecule has 1 heterocycles. The first kappa shape index (κ1) is 16.3. The van der Waals surface area contributed by atoms with E-state index in [-0.39, 0.29) is 18.0 Å². The van der Waals surface area contributed by atoms with E-state index in [1.54, 1.807) is 17.0 Å². The summed E-state index contributed by atoms with van der Waals surface area (Å²) >= 11 is 0. The number of urea groups is 1. The summed E-state index contributed by atoms with van der Waals surface area (Å²) in [5.74, 6) is 0.448. The number of fused-ring (bicyclic) bond motifs is 1. The van der Waals surface area contributed by atoms with Crippen LogP contribution in [0, 0.1) is 12.7 Å². The van der Waals surface area contributed by atoms with E-state index in [2.05, 4.69) is 5.32 Å². The molecule has 2 aromatic carbocycles. The maximum absolute atomic E-state index is 13.0. The smallest absolute Gasteiger partial charge is 0.322 e. The van der Waals surface area contributed by atoms with Gasteiger partial charge in [0.05, 0.1) is 12.2 Å². The number of amides is 2. The van der Waals surface area contributed by atoms with Gasteiger partial charge in [-0.1, -0.05) is 25.1 Å². The quantitative estimate of drug-likeness (QED) is 0.924. The van der Waals surface area contributed by atoms with E-state index >= 15 is 0 Å². The number of hydrogen-bond donors (Lipinski definition) is 1. The Morgan fingerprint density at radius 3 is 2.75 bits per heavy atom. The Hall–Kier alpha value is -2.56. The lowest BCUT2D eigenvalue weighted by molar-refractivity contribution is 0.186. The lowest BCUT2D eigenvalue weighted by Gasteiger charge is -2.34. The molecular formula is C19H21FN2O2. The highest BCUT2D eigenvalue weighted by Gasteiger charge is 2.28. The van der Waals surface area contributed by atoms with Crippen molar-refractivity contribution in [1.29, 1.82) is 0 Å². The predicted molar refractivity (Wildman–Crippen MR) is 91.9 cm³/mol. The first-order valence-corrected chi connectivity index (χ1v) is 8.14. The fraction of sp³-hybridized carbons (Fsp3) is 0.316. The summed E-state index contributed by atoms with van der Waals surface area (Å²) in [6, 6.07) is 11.8. The van der Waals surface area contributed by atoms with Crippen LogP contribution in [0.5, 0.6) is 5.75 Å². The summed E-state index contributed by atoms with van der Waals surface area (Å²) in [6.07, 6.45) is 0.812. The standard InChI is InChI=1S/C19H21FN2O2/c1-3-16-12-22(17-10-13(2)4-9-18(17)24-16)19(23)21-11-14-5-7-15(20)8-6-14/h4-10,16H,3,11-12H2,1-2H3,(H,21,23)/t16-/m0/s1. The fourth-order valence-corrected chi connectivity index (χ4v) is 2.74. The van der Waals surface area contributed by atoms with Gasteiger partial charge in [0.25, 0.3) is 0 Å². The molecule has 3 rings (SSSR count). The SMILES string of the molecule is CC[C@H]1CN(C(=O)NCc2ccc(F)cc2)c2cc(C)ccc2O1. The van der Waals surface area contributed by atoms with Gasteiger partial charge >= 0.3 is 6.03 Å². The maximum atomic E-state index is 13.0. The van der Waals surface area contributed by atoms with Gasteiger partial charge in [-0.15, -0.1) is 0 Å². The third-order valence-electron chi connectivity index (χ3n) is 4.14. The molecule has 24 heavy (non-hydrogen) atoms. The van der Waals surface area contributed by atoms with Crippen LogP contribution in [0.4, 0.5) is 14.9 Å². The predicted octanol–water partition coefficient (Wildman–Crippen LogP) is 4.02. The first-order valence-electron chi connectivity index (χ1n) is 8.14. The van der Waals surface area contributed by atoms with Crippen molar-refractivity contribution in [1.82, 2.24) is 5.32 Å². The summed E-state index contributed by atoms with van der Waals surface area (Å²) < 4.78 is 18.9. The number of carbonyl (C=O) groups excluding carboxylic acids is 1. The van der Waals surface area contributed by atoms with Gasteiger partial charge in [0.15, 0.2) is 0 Å². The minimum atomic E-state index is -0.284. The number of carbonyl (C=O) groups is 1. The molecule has 1 aliphatic heterocycles. The van der Waals surface area contributed by atoms with E-state index in [9.17, 15) is 9.18 Å². The van der Waals surface area contributed by atoms with Gasteiger partial charge in [-0.3, -0.25) is 4.90 Å². The number of aryl methyl sites for hydroxylation is 1. The molecule has 0 radical (unpaired) electrons. The largest absolute Gasteiger partial charge is 0.486 e. The van der Waals surface area contributed by atoms with Gasteiger partial charge in [0.1, 0.15) is 17.7 Å². The Labute approximate surface area is 141 Å². The van der Waals surface area contributed by atoms with E-state index in [0.29, 0.717) is 13.1 Å². The van der Waals surface area contributed by atoms with Crippen molar-refractivity contribution in [3.05, 3.63) is 59.4 Å². The summed E-state index contributed by atoms with van der Waals surface area (Å²) in [6.45, 7) is 4.90. The molecule has 0 bridgehead atoms. The van der Waals surface area contributed by atoms with E-state index in [1.807, 2.05) is 32.0 Å². The van der Waals surface area contributed by atoms with Crippen LogP contribution in [0.15, 0.2) is 42.5 Å². The van der Waals surface area contributed by atoms with Gasteiger partial charge in [-0.25, -0.2) is 9.18 Å². The topological polar surface area (TPSA) is 41.6 Å². The number of anilines is 1. The summed E-state index contributed by atoms with van der Waals surface area (Å²) in [5, 5.41) is 2.90. The average Bonchev–Trinajstić information content (AvgIpc) is 2.60. The Bertz CT molecular complexity index is 731. The number of benzene rings is 2. The van der Waals surface area contributed by atoms with Crippen molar-refractivity contribution in [3.8, 4) is 5.75 Å². The van der Waals surface area contributed by atoms with Crippen LogP contribution >= 0.6 is 0 Å². The second kappa shape index (κ2) is 6.91. The monoisotopic (exact) mass is 328 g/mol. The Balaban J connectivity index is 1.76. The van der Waals surface area contributed by atoms with E-state index in [1.165, 1.54) is 12.1 Å².